The molecule has 0 N–H and O–H groups in total. The lowest BCUT2D eigenvalue weighted by molar-refractivity contribution is 0.415. The first-order chi connectivity index (χ1) is 9.31. The second-order valence-electron chi connectivity index (χ2n) is 4.27. The highest BCUT2D eigenvalue weighted by Crippen LogP contribution is 2.24. The number of ether oxygens (including phenoxy) is 1. The molecule has 0 aliphatic carbocycles. The van der Waals surface area contributed by atoms with E-state index in [-0.39, 0.29) is 0 Å². The Hall–Kier alpha value is -2.73. The summed E-state index contributed by atoms with van der Waals surface area (Å²) in [5, 5.41) is 10.1. The number of benzene rings is 2. The second kappa shape index (κ2) is 4.51. The van der Waals surface area contributed by atoms with Gasteiger partial charge in [0, 0.05) is 17.3 Å². The Labute approximate surface area is 111 Å². The molecule has 0 aliphatic rings. The first kappa shape index (κ1) is 11.4. The van der Waals surface area contributed by atoms with Gasteiger partial charge in [-0.25, -0.2) is 0 Å². The molecule has 92 valence electrons. The summed E-state index contributed by atoms with van der Waals surface area (Å²) in [6, 6.07) is 17.7. The standard InChI is InChI=1S/C16H12N2O/c1-19-15-5-6-16-13(10-15)7-8-18(16)14-4-2-3-12(9-14)11-17/h2-10H,1H3. The third kappa shape index (κ3) is 1.94. The molecule has 3 heteroatoms. The molecule has 0 amide bonds. The average Bonchev–Trinajstić information content (AvgIpc) is 2.90. The van der Waals surface area contributed by atoms with E-state index in [1.807, 2.05) is 48.7 Å². The fourth-order valence-corrected chi connectivity index (χ4v) is 2.20. The molecule has 0 saturated carbocycles. The number of nitriles is 1. The van der Waals surface area contributed by atoms with E-state index in [1.165, 1.54) is 0 Å². The zero-order chi connectivity index (χ0) is 13.2. The molecule has 0 saturated heterocycles. The van der Waals surface area contributed by atoms with Crippen LogP contribution in [0.4, 0.5) is 0 Å². The largest absolute Gasteiger partial charge is 0.497 e. The third-order valence-electron chi connectivity index (χ3n) is 3.15. The topological polar surface area (TPSA) is 38.0 Å². The van der Waals surface area contributed by atoms with Gasteiger partial charge in [0.2, 0.25) is 0 Å². The van der Waals surface area contributed by atoms with E-state index in [4.69, 9.17) is 10.00 Å². The van der Waals surface area contributed by atoms with Gasteiger partial charge in [-0.3, -0.25) is 0 Å². The number of fused-ring (bicyclic) bond motifs is 1. The van der Waals surface area contributed by atoms with Gasteiger partial charge < -0.3 is 9.30 Å². The molecule has 1 aromatic heterocycles. The van der Waals surface area contributed by atoms with E-state index in [1.54, 1.807) is 13.2 Å². The van der Waals surface area contributed by atoms with Crippen molar-refractivity contribution < 1.29 is 4.74 Å². The minimum atomic E-state index is 0.660. The maximum atomic E-state index is 8.97. The Kier molecular flexibility index (Phi) is 2.70. The lowest BCUT2D eigenvalue weighted by atomic mass is 10.2. The molecular formula is C16H12N2O. The van der Waals surface area contributed by atoms with Gasteiger partial charge in [-0.05, 0) is 42.5 Å². The van der Waals surface area contributed by atoms with Crippen molar-refractivity contribution in [1.82, 2.24) is 4.57 Å². The van der Waals surface area contributed by atoms with Gasteiger partial charge in [0.15, 0.2) is 0 Å². The highest BCUT2D eigenvalue weighted by atomic mass is 16.5. The number of methoxy groups -OCH3 is 1. The van der Waals surface area contributed by atoms with E-state index in [9.17, 15) is 0 Å². The summed E-state index contributed by atoms with van der Waals surface area (Å²) >= 11 is 0. The zero-order valence-corrected chi connectivity index (χ0v) is 10.5. The fraction of sp³-hybridized carbons (Fsp3) is 0.0625. The Morgan fingerprint density at radius 2 is 2.00 bits per heavy atom. The van der Waals surface area contributed by atoms with Crippen LogP contribution in [0.1, 0.15) is 5.56 Å². The number of rotatable bonds is 2. The Morgan fingerprint density at radius 3 is 2.79 bits per heavy atom. The van der Waals surface area contributed by atoms with Crippen LogP contribution in [0.3, 0.4) is 0 Å². The van der Waals surface area contributed by atoms with Crippen molar-refractivity contribution >= 4 is 10.9 Å². The SMILES string of the molecule is COc1ccc2c(ccn2-c2cccc(C#N)c2)c1. The van der Waals surface area contributed by atoms with E-state index in [0.29, 0.717) is 5.56 Å². The van der Waals surface area contributed by atoms with E-state index < -0.39 is 0 Å². The fourth-order valence-electron chi connectivity index (χ4n) is 2.20. The Morgan fingerprint density at radius 1 is 1.11 bits per heavy atom. The molecule has 19 heavy (non-hydrogen) atoms. The van der Waals surface area contributed by atoms with Crippen LogP contribution in [-0.4, -0.2) is 11.7 Å². The van der Waals surface area contributed by atoms with Crippen LogP contribution in [0.5, 0.6) is 5.75 Å². The molecule has 3 aromatic rings. The molecule has 0 radical (unpaired) electrons. The van der Waals surface area contributed by atoms with Crippen LogP contribution in [-0.2, 0) is 0 Å². The van der Waals surface area contributed by atoms with Crippen molar-refractivity contribution in [3.63, 3.8) is 0 Å². The van der Waals surface area contributed by atoms with Gasteiger partial charge in [-0.15, -0.1) is 0 Å². The van der Waals surface area contributed by atoms with Crippen LogP contribution in [0, 0.1) is 11.3 Å². The predicted molar refractivity (Wildman–Crippen MR) is 74.5 cm³/mol. The average molecular weight is 248 g/mol. The molecule has 0 bridgehead atoms. The zero-order valence-electron chi connectivity index (χ0n) is 10.5. The Balaban J connectivity index is 2.17. The number of nitrogens with zero attached hydrogens (tertiary/aromatic N) is 2. The quantitative estimate of drug-likeness (QED) is 0.696. The maximum Gasteiger partial charge on any atom is 0.119 e. The minimum absolute atomic E-state index is 0.660. The van der Waals surface area contributed by atoms with Crippen molar-refractivity contribution in [1.29, 1.82) is 5.26 Å². The van der Waals surface area contributed by atoms with Gasteiger partial charge in [0.1, 0.15) is 5.75 Å². The Bertz CT molecular complexity index is 781. The highest BCUT2D eigenvalue weighted by molar-refractivity contribution is 5.83. The van der Waals surface area contributed by atoms with E-state index >= 15 is 0 Å². The van der Waals surface area contributed by atoms with Crippen LogP contribution < -0.4 is 4.74 Å². The van der Waals surface area contributed by atoms with Crippen molar-refractivity contribution in [3.8, 4) is 17.5 Å². The maximum absolute atomic E-state index is 8.97. The second-order valence-corrected chi connectivity index (χ2v) is 4.27. The van der Waals surface area contributed by atoms with Crippen LogP contribution >= 0.6 is 0 Å². The molecule has 0 aliphatic heterocycles. The van der Waals surface area contributed by atoms with Crippen molar-refractivity contribution in [2.75, 3.05) is 7.11 Å². The first-order valence-electron chi connectivity index (χ1n) is 5.97. The summed E-state index contributed by atoms with van der Waals surface area (Å²) in [5.41, 5.74) is 2.74. The summed E-state index contributed by atoms with van der Waals surface area (Å²) < 4.78 is 7.29. The molecular weight excluding hydrogens is 236 g/mol. The lowest BCUT2D eigenvalue weighted by Crippen LogP contribution is -1.92. The predicted octanol–water partition coefficient (Wildman–Crippen LogP) is 3.51. The molecule has 2 aromatic carbocycles. The van der Waals surface area contributed by atoms with E-state index in [2.05, 4.69) is 10.6 Å². The number of hydrogen-bond acceptors (Lipinski definition) is 2. The van der Waals surface area contributed by atoms with Crippen LogP contribution in [0.25, 0.3) is 16.6 Å². The smallest absolute Gasteiger partial charge is 0.119 e. The molecule has 0 unspecified atom stereocenters. The molecule has 1 heterocycles. The van der Waals surface area contributed by atoms with Crippen molar-refractivity contribution in [2.45, 2.75) is 0 Å². The van der Waals surface area contributed by atoms with E-state index in [0.717, 1.165) is 22.3 Å². The monoisotopic (exact) mass is 248 g/mol. The van der Waals surface area contributed by atoms with Crippen LogP contribution in [0.2, 0.25) is 0 Å². The molecule has 0 atom stereocenters. The first-order valence-corrected chi connectivity index (χ1v) is 5.97. The summed E-state index contributed by atoms with van der Waals surface area (Å²) in [4.78, 5) is 0. The molecule has 3 rings (SSSR count). The lowest BCUT2D eigenvalue weighted by Gasteiger charge is -2.06. The van der Waals surface area contributed by atoms with Crippen molar-refractivity contribution in [2.24, 2.45) is 0 Å². The summed E-state index contributed by atoms with van der Waals surface area (Å²) in [6.07, 6.45) is 2.00. The normalized spacial score (nSPS) is 10.3. The third-order valence-corrected chi connectivity index (χ3v) is 3.15. The van der Waals surface area contributed by atoms with Gasteiger partial charge in [-0.2, -0.15) is 5.26 Å². The molecule has 3 nitrogen and oxygen atoms in total. The molecule has 0 fully saturated rings. The summed E-state index contributed by atoms with van der Waals surface area (Å²) in [6.45, 7) is 0. The summed E-state index contributed by atoms with van der Waals surface area (Å²) in [7, 11) is 1.66. The molecule has 0 spiro atoms. The number of aromatic nitrogens is 1. The minimum Gasteiger partial charge on any atom is -0.497 e. The van der Waals surface area contributed by atoms with Gasteiger partial charge in [0.05, 0.1) is 24.3 Å². The van der Waals surface area contributed by atoms with Gasteiger partial charge >= 0.3 is 0 Å². The van der Waals surface area contributed by atoms with Gasteiger partial charge in [0.25, 0.3) is 0 Å². The van der Waals surface area contributed by atoms with Crippen LogP contribution in [0.15, 0.2) is 54.7 Å². The van der Waals surface area contributed by atoms with Crippen molar-refractivity contribution in [3.05, 3.63) is 60.3 Å². The summed E-state index contributed by atoms with van der Waals surface area (Å²) in [5.74, 6) is 0.844. The number of hydrogen-bond donors (Lipinski definition) is 0. The van der Waals surface area contributed by atoms with Gasteiger partial charge in [-0.1, -0.05) is 6.07 Å². The highest BCUT2D eigenvalue weighted by Gasteiger charge is 2.04.